The molecule has 1 amide bonds. The molecule has 37 heavy (non-hydrogen) atoms. The van der Waals surface area contributed by atoms with E-state index >= 15 is 0 Å². The molecule has 190 valence electrons. The molecule has 0 saturated heterocycles. The van der Waals surface area contributed by atoms with Crippen LogP contribution < -0.4 is 9.47 Å². The molecule has 0 radical (unpaired) electrons. The van der Waals surface area contributed by atoms with E-state index in [0.29, 0.717) is 30.1 Å². The molecule has 1 fully saturated rings. The number of para-hydroxylation sites is 1. The van der Waals surface area contributed by atoms with Gasteiger partial charge in [-0.05, 0) is 54.1 Å². The Balaban J connectivity index is 1.29. The van der Waals surface area contributed by atoms with E-state index < -0.39 is 10.0 Å². The minimum atomic E-state index is -3.95. The fourth-order valence-electron chi connectivity index (χ4n) is 4.50. The van der Waals surface area contributed by atoms with Gasteiger partial charge in [0.25, 0.3) is 0 Å². The molecule has 2 aromatic heterocycles. The van der Waals surface area contributed by atoms with Crippen LogP contribution >= 0.6 is 11.3 Å². The van der Waals surface area contributed by atoms with Gasteiger partial charge in [0.05, 0.1) is 18.6 Å². The summed E-state index contributed by atoms with van der Waals surface area (Å²) in [5.74, 6) is 1.07. The van der Waals surface area contributed by atoms with Crippen molar-refractivity contribution in [2.45, 2.75) is 36.9 Å². The lowest BCUT2D eigenvalue weighted by Gasteiger charge is -2.27. The normalized spacial score (nSPS) is 14.8. The van der Waals surface area contributed by atoms with Gasteiger partial charge in [0, 0.05) is 29.0 Å². The number of carbonyl (C=O) groups is 1. The third kappa shape index (κ3) is 4.92. The molecule has 0 unspecified atom stereocenters. The maximum atomic E-state index is 13.9. The molecule has 0 bridgehead atoms. The van der Waals surface area contributed by atoms with Crippen molar-refractivity contribution in [3.63, 3.8) is 0 Å². The summed E-state index contributed by atoms with van der Waals surface area (Å²) < 4.78 is 40.0. The van der Waals surface area contributed by atoms with Gasteiger partial charge in [-0.2, -0.15) is 4.31 Å². The van der Waals surface area contributed by atoms with Crippen LogP contribution in [0.25, 0.3) is 10.9 Å². The van der Waals surface area contributed by atoms with E-state index in [4.69, 9.17) is 9.47 Å². The number of rotatable bonds is 9. The van der Waals surface area contributed by atoms with Crippen LogP contribution in [0.1, 0.15) is 23.3 Å². The number of benzene rings is 2. The van der Waals surface area contributed by atoms with Gasteiger partial charge >= 0.3 is 0 Å². The van der Waals surface area contributed by atoms with Crippen molar-refractivity contribution in [3.8, 4) is 11.5 Å². The molecule has 1 aliphatic carbocycles. The maximum Gasteiger partial charge on any atom is 0.245 e. The van der Waals surface area contributed by atoms with Gasteiger partial charge in [-0.3, -0.25) is 9.78 Å². The lowest BCUT2D eigenvalue weighted by Crippen LogP contribution is -2.43. The quantitative estimate of drug-likeness (QED) is 0.316. The first-order valence-electron chi connectivity index (χ1n) is 12.0. The van der Waals surface area contributed by atoms with Gasteiger partial charge in [0.1, 0.15) is 4.90 Å². The third-order valence-corrected chi connectivity index (χ3v) is 9.31. The average Bonchev–Trinajstić information content (AvgIpc) is 3.40. The van der Waals surface area contributed by atoms with Crippen molar-refractivity contribution < 1.29 is 22.7 Å². The summed E-state index contributed by atoms with van der Waals surface area (Å²) in [6.07, 6.45) is 3.05. The molecule has 6 rings (SSSR count). The van der Waals surface area contributed by atoms with Crippen molar-refractivity contribution >= 4 is 38.2 Å². The Kier molecular flexibility index (Phi) is 6.31. The zero-order chi connectivity index (χ0) is 25.4. The molecule has 3 heterocycles. The second-order valence-corrected chi connectivity index (χ2v) is 12.0. The fourth-order valence-corrected chi connectivity index (χ4v) is 7.02. The fraction of sp³-hybridized carbons (Fsp3) is 0.259. The highest BCUT2D eigenvalue weighted by Crippen LogP contribution is 2.35. The number of amides is 1. The second kappa shape index (κ2) is 9.77. The first-order valence-corrected chi connectivity index (χ1v) is 14.4. The molecule has 0 atom stereocenters. The molecule has 2 aromatic carbocycles. The summed E-state index contributed by atoms with van der Waals surface area (Å²) >= 11 is 1.56. The largest absolute Gasteiger partial charge is 0.454 e. The van der Waals surface area contributed by atoms with Gasteiger partial charge in [-0.25, -0.2) is 8.42 Å². The van der Waals surface area contributed by atoms with Crippen LogP contribution in [0, 0.1) is 0 Å². The Morgan fingerprint density at radius 1 is 1.00 bits per heavy atom. The third-order valence-electron chi connectivity index (χ3n) is 6.52. The van der Waals surface area contributed by atoms with E-state index in [0.717, 1.165) is 28.7 Å². The zero-order valence-electron chi connectivity index (χ0n) is 19.9. The summed E-state index contributed by atoms with van der Waals surface area (Å²) in [6, 6.07) is 18.1. The summed E-state index contributed by atoms with van der Waals surface area (Å²) in [5.41, 5.74) is 1.30. The molecular weight excluding hydrogens is 510 g/mol. The van der Waals surface area contributed by atoms with Crippen molar-refractivity contribution in [2.24, 2.45) is 0 Å². The molecule has 0 spiro atoms. The maximum absolute atomic E-state index is 13.9. The second-order valence-electron chi connectivity index (χ2n) is 9.13. The molecule has 1 aliphatic heterocycles. The van der Waals surface area contributed by atoms with Gasteiger partial charge in [-0.1, -0.05) is 30.3 Å². The van der Waals surface area contributed by atoms with Crippen LogP contribution in [0.2, 0.25) is 0 Å². The number of thiophene rings is 1. The van der Waals surface area contributed by atoms with E-state index in [1.807, 2.05) is 47.8 Å². The van der Waals surface area contributed by atoms with Crippen molar-refractivity contribution in [3.05, 3.63) is 82.7 Å². The van der Waals surface area contributed by atoms with Crippen LogP contribution in [0.5, 0.6) is 11.5 Å². The molecule has 8 nitrogen and oxygen atoms in total. The predicted octanol–water partition coefficient (Wildman–Crippen LogP) is 4.41. The highest BCUT2D eigenvalue weighted by Gasteiger charge is 2.41. The van der Waals surface area contributed by atoms with Gasteiger partial charge in [0.15, 0.2) is 11.5 Å². The molecular formula is C27H25N3O5S2. The Bertz CT molecular complexity index is 1550. The number of aromatic nitrogens is 1. The van der Waals surface area contributed by atoms with Crippen LogP contribution in [0.4, 0.5) is 0 Å². The number of ether oxygens (including phenoxy) is 2. The number of fused-ring (bicyclic) bond motifs is 2. The first kappa shape index (κ1) is 23.9. The van der Waals surface area contributed by atoms with Gasteiger partial charge in [0.2, 0.25) is 22.7 Å². The minimum Gasteiger partial charge on any atom is -0.454 e. The summed E-state index contributed by atoms with van der Waals surface area (Å²) in [6.45, 7) is 0.654. The van der Waals surface area contributed by atoms with Crippen molar-refractivity contribution in [2.75, 3.05) is 13.3 Å². The smallest absolute Gasteiger partial charge is 0.245 e. The number of hydrogen-bond acceptors (Lipinski definition) is 7. The van der Waals surface area contributed by atoms with E-state index in [-0.39, 0.29) is 30.2 Å². The molecule has 4 aromatic rings. The Labute approximate surface area is 219 Å². The number of hydrogen-bond donors (Lipinski definition) is 0. The lowest BCUT2D eigenvalue weighted by molar-refractivity contribution is -0.132. The van der Waals surface area contributed by atoms with Crippen LogP contribution in [-0.2, 0) is 27.9 Å². The number of nitrogens with zero attached hydrogens (tertiary/aromatic N) is 3. The highest BCUT2D eigenvalue weighted by molar-refractivity contribution is 7.89. The predicted molar refractivity (Wildman–Crippen MR) is 140 cm³/mol. The van der Waals surface area contributed by atoms with Gasteiger partial charge in [-0.15, -0.1) is 11.3 Å². The highest BCUT2D eigenvalue weighted by atomic mass is 32.2. The average molecular weight is 536 g/mol. The molecule has 10 heteroatoms. The summed E-state index contributed by atoms with van der Waals surface area (Å²) in [7, 11) is -3.95. The Morgan fingerprint density at radius 3 is 2.65 bits per heavy atom. The van der Waals surface area contributed by atoms with Crippen molar-refractivity contribution in [1.29, 1.82) is 0 Å². The molecule has 0 N–H and O–H groups in total. The standard InChI is InChI=1S/C27H25N3O5S2/c31-26(29(16-22-6-3-13-36-22)15-19-8-11-23-24(14-19)35-18-34-23)17-30(21-9-10-21)37(32,33)25-7-1-4-20-5-2-12-28-27(20)25/h1-8,11-14,21H,9-10,15-18H2. The monoisotopic (exact) mass is 535 g/mol. The molecule has 1 saturated carbocycles. The number of sulfonamides is 1. The first-order chi connectivity index (χ1) is 18.0. The number of pyridine rings is 1. The topological polar surface area (TPSA) is 89.0 Å². The van der Waals surface area contributed by atoms with Crippen LogP contribution in [0.15, 0.2) is 77.1 Å². The van der Waals surface area contributed by atoms with Gasteiger partial charge < -0.3 is 14.4 Å². The van der Waals surface area contributed by atoms with E-state index in [1.165, 1.54) is 4.31 Å². The Morgan fingerprint density at radius 2 is 1.84 bits per heavy atom. The SMILES string of the molecule is O=C(CN(C1CC1)S(=O)(=O)c1cccc2cccnc12)N(Cc1ccc2c(c1)OCO2)Cc1cccs1. The Hall–Kier alpha value is -3.47. The van der Waals surface area contributed by atoms with Crippen LogP contribution in [0.3, 0.4) is 0 Å². The number of carbonyl (C=O) groups excluding carboxylic acids is 1. The summed E-state index contributed by atoms with van der Waals surface area (Å²) in [5, 5.41) is 2.71. The van der Waals surface area contributed by atoms with E-state index in [2.05, 4.69) is 4.98 Å². The van der Waals surface area contributed by atoms with E-state index in [1.54, 1.807) is 40.6 Å². The lowest BCUT2D eigenvalue weighted by atomic mass is 10.2. The summed E-state index contributed by atoms with van der Waals surface area (Å²) in [4.78, 5) is 20.9. The minimum absolute atomic E-state index is 0.130. The van der Waals surface area contributed by atoms with Crippen LogP contribution in [-0.4, -0.2) is 47.9 Å². The molecule has 2 aliphatic rings. The van der Waals surface area contributed by atoms with Crippen molar-refractivity contribution in [1.82, 2.24) is 14.2 Å². The zero-order valence-corrected chi connectivity index (χ0v) is 21.6. The van der Waals surface area contributed by atoms with E-state index in [9.17, 15) is 13.2 Å².